The summed E-state index contributed by atoms with van der Waals surface area (Å²) in [6.45, 7) is 4.70. The molecular formula is C58H40N2O. The Morgan fingerprint density at radius 1 is 0.410 bits per heavy atom. The number of benzene rings is 9. The molecule has 2 aliphatic carbocycles. The number of nitrogens with zero attached hydrogens (tertiary/aromatic N) is 2. The largest absolute Gasteiger partial charge is 0.456 e. The van der Waals surface area contributed by atoms with Gasteiger partial charge >= 0.3 is 0 Å². The number of hydrogen-bond acceptors (Lipinski definition) is 2. The summed E-state index contributed by atoms with van der Waals surface area (Å²) in [5.41, 5.74) is 19.0. The van der Waals surface area contributed by atoms with Gasteiger partial charge in [-0.2, -0.15) is 0 Å². The Balaban J connectivity index is 0.991. The van der Waals surface area contributed by atoms with Crippen molar-refractivity contribution in [1.82, 2.24) is 4.57 Å². The van der Waals surface area contributed by atoms with Crippen LogP contribution in [-0.2, 0) is 10.8 Å². The molecule has 1 spiro atoms. The van der Waals surface area contributed by atoms with Gasteiger partial charge in [0.25, 0.3) is 0 Å². The fourth-order valence-electron chi connectivity index (χ4n) is 11.3. The molecule has 3 aliphatic rings. The maximum Gasteiger partial charge on any atom is 0.142 e. The molecule has 0 atom stereocenters. The van der Waals surface area contributed by atoms with Crippen molar-refractivity contribution in [3.05, 3.63) is 240 Å². The molecule has 0 radical (unpaired) electrons. The molecule has 288 valence electrons. The zero-order valence-electron chi connectivity index (χ0n) is 33.9. The first kappa shape index (κ1) is 34.3. The molecule has 2 heterocycles. The molecule has 0 amide bonds. The topological polar surface area (TPSA) is 17.4 Å². The van der Waals surface area contributed by atoms with Gasteiger partial charge in [-0.05, 0) is 111 Å². The minimum atomic E-state index is -0.521. The Labute approximate surface area is 355 Å². The zero-order chi connectivity index (χ0) is 40.5. The maximum absolute atomic E-state index is 7.16. The van der Waals surface area contributed by atoms with Gasteiger partial charge < -0.3 is 14.2 Å². The van der Waals surface area contributed by atoms with Crippen LogP contribution >= 0.6 is 0 Å². The molecule has 0 N–H and O–H groups in total. The predicted molar refractivity (Wildman–Crippen MR) is 250 cm³/mol. The normalized spacial score (nSPS) is 14.5. The van der Waals surface area contributed by atoms with E-state index in [-0.39, 0.29) is 5.41 Å². The highest BCUT2D eigenvalue weighted by Crippen LogP contribution is 2.63. The van der Waals surface area contributed by atoms with Crippen LogP contribution in [0.2, 0.25) is 0 Å². The summed E-state index contributed by atoms with van der Waals surface area (Å²) in [5, 5.41) is 2.29. The van der Waals surface area contributed by atoms with Crippen LogP contribution in [0.25, 0.3) is 49.7 Å². The van der Waals surface area contributed by atoms with Crippen molar-refractivity contribution in [3.8, 4) is 39.4 Å². The molecule has 0 fully saturated rings. The van der Waals surface area contributed by atoms with Crippen LogP contribution in [0.3, 0.4) is 0 Å². The van der Waals surface area contributed by atoms with Crippen molar-refractivity contribution in [2.24, 2.45) is 0 Å². The number of para-hydroxylation sites is 3. The third kappa shape index (κ3) is 4.53. The molecule has 0 unspecified atom stereocenters. The lowest BCUT2D eigenvalue weighted by molar-refractivity contribution is 0.442. The van der Waals surface area contributed by atoms with Gasteiger partial charge in [-0.25, -0.2) is 0 Å². The molecule has 61 heavy (non-hydrogen) atoms. The molecule has 0 saturated carbocycles. The van der Waals surface area contributed by atoms with E-state index in [4.69, 9.17) is 4.74 Å². The predicted octanol–water partition coefficient (Wildman–Crippen LogP) is 15.0. The highest BCUT2D eigenvalue weighted by molar-refractivity contribution is 6.14. The average molecular weight is 781 g/mol. The van der Waals surface area contributed by atoms with Crippen LogP contribution < -0.4 is 9.64 Å². The maximum atomic E-state index is 7.16. The number of rotatable bonds is 4. The third-order valence-corrected chi connectivity index (χ3v) is 13.9. The van der Waals surface area contributed by atoms with Crippen molar-refractivity contribution in [2.75, 3.05) is 4.90 Å². The Morgan fingerprint density at radius 2 is 0.967 bits per heavy atom. The Kier molecular flexibility index (Phi) is 6.99. The minimum absolute atomic E-state index is 0.0974. The van der Waals surface area contributed by atoms with Crippen LogP contribution in [0.15, 0.2) is 206 Å². The van der Waals surface area contributed by atoms with Gasteiger partial charge in [-0.3, -0.25) is 0 Å². The van der Waals surface area contributed by atoms with Gasteiger partial charge in [0.15, 0.2) is 0 Å². The molecule has 0 saturated heterocycles. The van der Waals surface area contributed by atoms with E-state index in [1.807, 2.05) is 0 Å². The second-order valence-corrected chi connectivity index (χ2v) is 17.2. The zero-order valence-corrected chi connectivity index (χ0v) is 33.9. The van der Waals surface area contributed by atoms with Gasteiger partial charge in [-0.1, -0.05) is 153 Å². The molecule has 0 bridgehead atoms. The van der Waals surface area contributed by atoms with Crippen LogP contribution in [0.5, 0.6) is 11.5 Å². The van der Waals surface area contributed by atoms with Gasteiger partial charge in [0.1, 0.15) is 11.5 Å². The van der Waals surface area contributed by atoms with Gasteiger partial charge in [0.05, 0.1) is 21.8 Å². The molecule has 9 aromatic carbocycles. The van der Waals surface area contributed by atoms with Crippen LogP contribution in [0, 0.1) is 0 Å². The second-order valence-electron chi connectivity index (χ2n) is 17.2. The van der Waals surface area contributed by atoms with Crippen molar-refractivity contribution in [2.45, 2.75) is 24.7 Å². The van der Waals surface area contributed by atoms with Crippen LogP contribution in [0.1, 0.15) is 47.2 Å². The minimum Gasteiger partial charge on any atom is -0.456 e. The Bertz CT molecular complexity index is 3380. The number of ether oxygens (including phenoxy) is 1. The standard InChI is InChI=1S/C58H40N2O/c1-57(2)46-22-10-6-18-41(46)44-33-32-40(36-51(44)57)59(37-16-4-3-5-17-37)38-28-30-39(31-29-38)60-52-26-14-9-21-45(52)55-53(60)35-34-50-56(55)61-54-27-15-13-25-49(54)58(50)47-23-11-7-19-42(47)43-20-8-12-24-48(43)58/h3-36H,1-2H3. The summed E-state index contributed by atoms with van der Waals surface area (Å²) in [7, 11) is 0. The number of aromatic nitrogens is 1. The lowest BCUT2D eigenvalue weighted by atomic mass is 9.66. The number of fused-ring (bicyclic) bond motifs is 16. The summed E-state index contributed by atoms with van der Waals surface area (Å²) in [4.78, 5) is 2.38. The number of anilines is 3. The molecule has 1 aromatic heterocycles. The summed E-state index contributed by atoms with van der Waals surface area (Å²) < 4.78 is 9.57. The van der Waals surface area contributed by atoms with E-state index in [0.29, 0.717) is 0 Å². The second kappa shape index (κ2) is 12.5. The summed E-state index contributed by atoms with van der Waals surface area (Å²) in [6.07, 6.45) is 0. The lowest BCUT2D eigenvalue weighted by Gasteiger charge is -2.39. The lowest BCUT2D eigenvalue weighted by Crippen LogP contribution is -2.32. The Hall–Kier alpha value is -7.62. The molecule has 3 heteroatoms. The Morgan fingerprint density at radius 3 is 1.70 bits per heavy atom. The van der Waals surface area contributed by atoms with Crippen molar-refractivity contribution in [1.29, 1.82) is 0 Å². The SMILES string of the molecule is CC1(C)c2ccccc2-c2ccc(N(c3ccccc3)c3ccc(-n4c5ccccc5c5c6c(ccc54)C4(c5ccccc5O6)c5ccccc5-c5ccccc54)cc3)cc21. The van der Waals surface area contributed by atoms with Gasteiger partial charge in [-0.15, -0.1) is 0 Å². The summed E-state index contributed by atoms with van der Waals surface area (Å²) in [5.74, 6) is 1.82. The fraction of sp³-hybridized carbons (Fsp3) is 0.0690. The van der Waals surface area contributed by atoms with E-state index in [1.165, 1.54) is 61.0 Å². The van der Waals surface area contributed by atoms with E-state index in [0.717, 1.165) is 50.7 Å². The quantitative estimate of drug-likeness (QED) is 0.177. The first-order valence-electron chi connectivity index (χ1n) is 21.3. The third-order valence-electron chi connectivity index (χ3n) is 13.9. The van der Waals surface area contributed by atoms with Crippen LogP contribution in [-0.4, -0.2) is 4.57 Å². The van der Waals surface area contributed by atoms with Crippen molar-refractivity contribution < 1.29 is 4.74 Å². The first-order valence-corrected chi connectivity index (χ1v) is 21.3. The fourth-order valence-corrected chi connectivity index (χ4v) is 11.3. The molecular weight excluding hydrogens is 741 g/mol. The molecule has 10 aromatic rings. The highest BCUT2D eigenvalue weighted by Gasteiger charge is 2.51. The van der Waals surface area contributed by atoms with E-state index in [2.05, 4.69) is 230 Å². The van der Waals surface area contributed by atoms with Crippen molar-refractivity contribution >= 4 is 38.9 Å². The summed E-state index contributed by atoms with van der Waals surface area (Å²) in [6, 6.07) is 75.6. The van der Waals surface area contributed by atoms with E-state index in [9.17, 15) is 0 Å². The highest BCUT2D eigenvalue weighted by atomic mass is 16.5. The molecule has 13 rings (SSSR count). The molecule has 3 nitrogen and oxygen atoms in total. The first-order chi connectivity index (χ1) is 30.0. The summed E-state index contributed by atoms with van der Waals surface area (Å²) >= 11 is 0. The van der Waals surface area contributed by atoms with Crippen molar-refractivity contribution in [3.63, 3.8) is 0 Å². The monoisotopic (exact) mass is 780 g/mol. The van der Waals surface area contributed by atoms with E-state index in [1.54, 1.807) is 0 Å². The van der Waals surface area contributed by atoms with E-state index < -0.39 is 5.41 Å². The van der Waals surface area contributed by atoms with Crippen LogP contribution in [0.4, 0.5) is 17.1 Å². The smallest absolute Gasteiger partial charge is 0.142 e. The van der Waals surface area contributed by atoms with Gasteiger partial charge in [0, 0.05) is 44.7 Å². The van der Waals surface area contributed by atoms with E-state index >= 15 is 0 Å². The average Bonchev–Trinajstić information content (AvgIpc) is 3.89. The number of hydrogen-bond donors (Lipinski definition) is 0. The molecule has 1 aliphatic heterocycles. The van der Waals surface area contributed by atoms with Gasteiger partial charge in [0.2, 0.25) is 0 Å².